The zero-order valence-corrected chi connectivity index (χ0v) is 18.5. The van der Waals surface area contributed by atoms with Crippen molar-refractivity contribution < 1.29 is 18.1 Å². The first kappa shape index (κ1) is 21.7. The molecule has 1 aromatic heterocycles. The summed E-state index contributed by atoms with van der Waals surface area (Å²) in [6, 6.07) is 11.5. The van der Waals surface area contributed by atoms with E-state index >= 15 is 4.39 Å². The molecule has 1 saturated heterocycles. The van der Waals surface area contributed by atoms with Crippen LogP contribution in [0.3, 0.4) is 0 Å². The second kappa shape index (κ2) is 7.88. The summed E-state index contributed by atoms with van der Waals surface area (Å²) < 4.78 is 42.7. The van der Waals surface area contributed by atoms with Crippen LogP contribution in [0.2, 0.25) is 0 Å². The molecule has 162 valence electrons. The first-order chi connectivity index (χ1) is 14.6. The number of hydrogen-bond acceptors (Lipinski definition) is 3. The number of hydrogen-bond donors (Lipinski definition) is 0. The maximum atomic E-state index is 15.5. The van der Waals surface area contributed by atoms with E-state index in [2.05, 4.69) is 5.10 Å². The lowest BCUT2D eigenvalue weighted by Crippen LogP contribution is -2.41. The monoisotopic (exact) mass is 424 g/mol. The van der Waals surface area contributed by atoms with Gasteiger partial charge in [0, 0.05) is 22.8 Å². The van der Waals surface area contributed by atoms with E-state index in [0.29, 0.717) is 16.6 Å². The predicted octanol–water partition coefficient (Wildman–Crippen LogP) is 5.13. The largest absolute Gasteiger partial charge is 0.497 e. The van der Waals surface area contributed by atoms with Crippen LogP contribution in [-0.4, -0.2) is 28.1 Å². The van der Waals surface area contributed by atoms with Crippen molar-refractivity contribution in [1.29, 1.82) is 0 Å². The first-order valence-corrected chi connectivity index (χ1v) is 10.6. The van der Waals surface area contributed by atoms with Gasteiger partial charge in [-0.1, -0.05) is 37.3 Å². The third-order valence-corrected chi connectivity index (χ3v) is 6.41. The van der Waals surface area contributed by atoms with E-state index in [1.165, 1.54) is 12.1 Å². The van der Waals surface area contributed by atoms with Gasteiger partial charge in [-0.05, 0) is 51.8 Å². The van der Waals surface area contributed by atoms with Crippen LogP contribution in [0.1, 0.15) is 52.6 Å². The van der Waals surface area contributed by atoms with E-state index in [0.717, 1.165) is 12.0 Å². The second-order valence-electron chi connectivity index (χ2n) is 8.98. The third kappa shape index (κ3) is 3.92. The van der Waals surface area contributed by atoms with Crippen LogP contribution in [0.5, 0.6) is 0 Å². The highest BCUT2D eigenvalue weighted by Gasteiger charge is 2.52. The Kier molecular flexibility index (Phi) is 5.52. The van der Waals surface area contributed by atoms with Gasteiger partial charge < -0.3 is 9.31 Å². The van der Waals surface area contributed by atoms with E-state index in [9.17, 15) is 4.39 Å². The summed E-state index contributed by atoms with van der Waals surface area (Å²) in [4.78, 5) is 0. The molecule has 4 rings (SSSR count). The molecule has 1 fully saturated rings. The van der Waals surface area contributed by atoms with Crippen molar-refractivity contribution in [3.05, 3.63) is 72.1 Å². The first-order valence-electron chi connectivity index (χ1n) is 10.6. The van der Waals surface area contributed by atoms with Crippen LogP contribution in [0.25, 0.3) is 11.1 Å². The molecule has 31 heavy (non-hydrogen) atoms. The summed E-state index contributed by atoms with van der Waals surface area (Å²) >= 11 is 0. The quantitative estimate of drug-likeness (QED) is 0.533. The topological polar surface area (TPSA) is 36.3 Å². The van der Waals surface area contributed by atoms with Gasteiger partial charge in [0.1, 0.15) is 11.6 Å². The molecule has 3 aromatic rings. The molecule has 7 heteroatoms. The fourth-order valence-corrected chi connectivity index (χ4v) is 3.83. The second-order valence-corrected chi connectivity index (χ2v) is 8.98. The number of aromatic nitrogens is 2. The molecule has 0 bridgehead atoms. The highest BCUT2D eigenvalue weighted by molar-refractivity contribution is 6.62. The Morgan fingerprint density at radius 1 is 1.00 bits per heavy atom. The summed E-state index contributed by atoms with van der Waals surface area (Å²) in [5.41, 5.74) is 1.33. The van der Waals surface area contributed by atoms with Crippen LogP contribution < -0.4 is 5.46 Å². The lowest BCUT2D eigenvalue weighted by Gasteiger charge is -2.32. The molecule has 2 aromatic carbocycles. The van der Waals surface area contributed by atoms with Crippen LogP contribution in [0.4, 0.5) is 8.78 Å². The van der Waals surface area contributed by atoms with Gasteiger partial charge in [0.15, 0.2) is 0 Å². The van der Waals surface area contributed by atoms with E-state index in [1.54, 1.807) is 41.2 Å². The molecular formula is C24H27BF2N2O2. The van der Waals surface area contributed by atoms with E-state index in [4.69, 9.17) is 9.31 Å². The molecule has 0 saturated carbocycles. The molecular weight excluding hydrogens is 397 g/mol. The molecule has 0 spiro atoms. The van der Waals surface area contributed by atoms with Crippen molar-refractivity contribution in [3.63, 3.8) is 0 Å². The number of halogens is 2. The molecule has 0 aliphatic carbocycles. The number of nitrogens with zero attached hydrogens (tertiary/aromatic N) is 2. The average molecular weight is 424 g/mol. The van der Waals surface area contributed by atoms with Crippen LogP contribution in [-0.2, 0) is 9.31 Å². The maximum Gasteiger partial charge on any atom is 0.497 e. The van der Waals surface area contributed by atoms with E-state index in [1.807, 2.05) is 40.8 Å². The van der Waals surface area contributed by atoms with Crippen molar-refractivity contribution in [2.24, 2.45) is 0 Å². The Bertz CT molecular complexity index is 1060. The van der Waals surface area contributed by atoms with Crippen molar-refractivity contribution in [2.45, 2.75) is 58.3 Å². The van der Waals surface area contributed by atoms with E-state index in [-0.39, 0.29) is 17.7 Å². The molecule has 1 atom stereocenters. The van der Waals surface area contributed by atoms with Gasteiger partial charge in [-0.25, -0.2) is 8.78 Å². The minimum Gasteiger partial charge on any atom is -0.399 e. The van der Waals surface area contributed by atoms with Gasteiger partial charge in [0.25, 0.3) is 0 Å². The summed E-state index contributed by atoms with van der Waals surface area (Å²) in [6.45, 7) is 9.81. The molecule has 1 aliphatic rings. The smallest absolute Gasteiger partial charge is 0.399 e. The van der Waals surface area contributed by atoms with Gasteiger partial charge in [-0.15, -0.1) is 0 Å². The number of rotatable bonds is 5. The highest BCUT2D eigenvalue weighted by Crippen LogP contribution is 2.37. The molecule has 0 amide bonds. The molecule has 0 radical (unpaired) electrons. The lowest BCUT2D eigenvalue weighted by atomic mass is 9.77. The minimum absolute atomic E-state index is 0.0660. The standard InChI is InChI=1S/C24H27BF2N2O2/c1-6-21(16-10-12-18(26)13-11-16)29-15-17(14-28-29)19-8-7-9-20(22(19)27)25-30-23(2,3)24(4,5)31-25/h7-15,21H,6H2,1-5H3/t21-/m1/s1. The third-order valence-electron chi connectivity index (χ3n) is 6.41. The summed E-state index contributed by atoms with van der Waals surface area (Å²) in [5, 5.41) is 4.47. The fraction of sp³-hybridized carbons (Fsp3) is 0.375. The zero-order valence-electron chi connectivity index (χ0n) is 18.5. The van der Waals surface area contributed by atoms with Gasteiger partial charge in [0.05, 0.1) is 23.4 Å². The Morgan fingerprint density at radius 3 is 2.26 bits per heavy atom. The lowest BCUT2D eigenvalue weighted by molar-refractivity contribution is 0.00578. The van der Waals surface area contributed by atoms with Crippen molar-refractivity contribution in [2.75, 3.05) is 0 Å². The molecule has 1 aliphatic heterocycles. The van der Waals surface area contributed by atoms with E-state index < -0.39 is 18.3 Å². The number of benzene rings is 2. The molecule has 2 heterocycles. The Balaban J connectivity index is 1.65. The fourth-order valence-electron chi connectivity index (χ4n) is 3.83. The summed E-state index contributed by atoms with van der Waals surface area (Å²) in [7, 11) is -0.775. The highest BCUT2D eigenvalue weighted by atomic mass is 19.1. The predicted molar refractivity (Wildman–Crippen MR) is 118 cm³/mol. The SMILES string of the molecule is CC[C@H](c1ccc(F)cc1)n1cc(-c2cccc(B3OC(C)(C)C(C)(C)O3)c2F)cn1. The van der Waals surface area contributed by atoms with Gasteiger partial charge >= 0.3 is 7.12 Å². The van der Waals surface area contributed by atoms with Crippen LogP contribution >= 0.6 is 0 Å². The van der Waals surface area contributed by atoms with Gasteiger partial charge in [-0.2, -0.15) is 5.10 Å². The van der Waals surface area contributed by atoms with Crippen LogP contribution in [0.15, 0.2) is 54.9 Å². The Labute approximate surface area is 182 Å². The summed E-state index contributed by atoms with van der Waals surface area (Å²) in [6.07, 6.45) is 4.24. The van der Waals surface area contributed by atoms with Crippen molar-refractivity contribution >= 4 is 12.6 Å². The average Bonchev–Trinajstić information content (AvgIpc) is 3.26. The minimum atomic E-state index is -0.775. The van der Waals surface area contributed by atoms with Crippen LogP contribution in [0, 0.1) is 11.6 Å². The Hall–Kier alpha value is -2.51. The van der Waals surface area contributed by atoms with Crippen molar-refractivity contribution in [3.8, 4) is 11.1 Å². The molecule has 0 N–H and O–H groups in total. The zero-order chi connectivity index (χ0) is 22.4. The Morgan fingerprint density at radius 2 is 1.65 bits per heavy atom. The molecule has 0 unspecified atom stereocenters. The van der Waals surface area contributed by atoms with Crippen molar-refractivity contribution in [1.82, 2.24) is 9.78 Å². The van der Waals surface area contributed by atoms with Gasteiger partial charge in [-0.3, -0.25) is 4.68 Å². The normalized spacial score (nSPS) is 18.4. The maximum absolute atomic E-state index is 15.5. The molecule has 4 nitrogen and oxygen atoms in total. The van der Waals surface area contributed by atoms with Gasteiger partial charge in [0.2, 0.25) is 0 Å². The summed E-state index contributed by atoms with van der Waals surface area (Å²) in [5.74, 6) is -0.656.